The molecule has 11 aromatic rings. The molecule has 0 aliphatic rings. The number of hydrogen-bond donors (Lipinski definition) is 0. The van der Waals surface area contributed by atoms with E-state index in [2.05, 4.69) is 158 Å². The number of aromatic nitrogens is 3. The molecule has 0 spiro atoms. The van der Waals surface area contributed by atoms with Crippen LogP contribution in [0.4, 0.5) is 5.69 Å². The van der Waals surface area contributed by atoms with Gasteiger partial charge in [-0.3, -0.25) is 0 Å². The number of nitrogens with zero attached hydrogens (tertiary/aromatic N) is 5. The molecule has 0 saturated heterocycles. The van der Waals surface area contributed by atoms with E-state index in [1.54, 1.807) is 0 Å². The van der Waals surface area contributed by atoms with Gasteiger partial charge in [-0.15, -0.1) is 0 Å². The molecule has 0 unspecified atom stereocenters. The third-order valence-electron chi connectivity index (χ3n) is 11.1. The molecule has 0 N–H and O–H groups in total. The topological polar surface area (TPSA) is 42.9 Å². The number of benzene rings is 8. The zero-order valence-corrected chi connectivity index (χ0v) is 29.5. The molecule has 3 heterocycles. The highest BCUT2D eigenvalue weighted by molar-refractivity contribution is 6.14. The molecule has 0 aliphatic carbocycles. The molecule has 0 radical (unpaired) electrons. The average Bonchev–Trinajstić information content (AvgIpc) is 3.89. The van der Waals surface area contributed by atoms with Crippen LogP contribution >= 0.6 is 0 Å². The summed E-state index contributed by atoms with van der Waals surface area (Å²) >= 11 is 0. The van der Waals surface area contributed by atoms with Gasteiger partial charge >= 0.3 is 0 Å². The van der Waals surface area contributed by atoms with Crippen LogP contribution in [-0.4, -0.2) is 13.7 Å². The van der Waals surface area contributed by atoms with Crippen LogP contribution in [-0.2, 0) is 0 Å². The molecule has 0 amide bonds. The Balaban J connectivity index is 1.18. The first-order valence-electron chi connectivity index (χ1n) is 18.3. The van der Waals surface area contributed by atoms with Gasteiger partial charge in [-0.05, 0) is 65.5 Å². The van der Waals surface area contributed by atoms with E-state index in [1.807, 2.05) is 42.5 Å². The third-order valence-corrected chi connectivity index (χ3v) is 11.1. The van der Waals surface area contributed by atoms with Gasteiger partial charge in [-0.2, -0.15) is 5.26 Å². The van der Waals surface area contributed by atoms with E-state index < -0.39 is 0 Å². The minimum absolute atomic E-state index is 0.582. The van der Waals surface area contributed by atoms with E-state index in [0.717, 1.165) is 82.8 Å². The average molecular weight is 700 g/mol. The molecule has 5 heteroatoms. The van der Waals surface area contributed by atoms with Gasteiger partial charge in [0, 0.05) is 38.2 Å². The first-order chi connectivity index (χ1) is 27.2. The summed E-state index contributed by atoms with van der Waals surface area (Å²) in [6.45, 7) is 8.08. The summed E-state index contributed by atoms with van der Waals surface area (Å²) in [4.78, 5) is 3.96. The van der Waals surface area contributed by atoms with Crippen molar-refractivity contribution in [3.8, 4) is 34.3 Å². The molecule has 0 aliphatic heterocycles. The summed E-state index contributed by atoms with van der Waals surface area (Å²) in [5.74, 6) is 0. The fraction of sp³-hybridized carbons (Fsp3) is 0. The SMILES string of the molecule is [C-]#[N+]c1cccc2c3ccccc3n(-c3ccccc3-c3ccc(C#N)c(-n4c5ccccc5c5ccc(-n6c7ccccc7c7ccccc76)cc54)c3)c12. The first-order valence-corrected chi connectivity index (χ1v) is 18.3. The Kier molecular flexibility index (Phi) is 6.61. The van der Waals surface area contributed by atoms with Gasteiger partial charge in [0.05, 0.1) is 56.6 Å². The lowest BCUT2D eigenvalue weighted by Crippen LogP contribution is -2.01. The molecule has 11 rings (SSSR count). The summed E-state index contributed by atoms with van der Waals surface area (Å²) in [6.07, 6.45) is 0. The maximum absolute atomic E-state index is 10.7. The van der Waals surface area contributed by atoms with Gasteiger partial charge in [-0.1, -0.05) is 121 Å². The summed E-state index contributed by atoms with van der Waals surface area (Å²) in [6, 6.07) is 63.6. The summed E-state index contributed by atoms with van der Waals surface area (Å²) < 4.78 is 6.82. The van der Waals surface area contributed by atoms with Crippen LogP contribution in [0.25, 0.3) is 98.5 Å². The van der Waals surface area contributed by atoms with E-state index in [4.69, 9.17) is 6.57 Å². The standard InChI is InChI=1S/C50H29N5/c1-52-42-19-12-18-41-39-17-6-11-24-47(39)55(50(41)42)43-20-7-2-13-35(43)32-25-26-33(31-51)48(29-32)54-46-23-10-5-16-38(46)40-28-27-34(30-49(40)54)53-44-21-8-3-14-36(44)37-15-4-9-22-45(37)53/h2-30H. The quantitative estimate of drug-likeness (QED) is 0.169. The third kappa shape index (κ3) is 4.39. The van der Waals surface area contributed by atoms with Gasteiger partial charge in [0.25, 0.3) is 0 Å². The van der Waals surface area contributed by atoms with Crippen molar-refractivity contribution in [2.75, 3.05) is 0 Å². The Labute approximate surface area is 316 Å². The van der Waals surface area contributed by atoms with Crippen LogP contribution in [0, 0.1) is 17.9 Å². The van der Waals surface area contributed by atoms with Gasteiger partial charge in [0.2, 0.25) is 5.69 Å². The number of para-hydroxylation sites is 6. The van der Waals surface area contributed by atoms with Crippen molar-refractivity contribution in [1.29, 1.82) is 5.26 Å². The molecule has 55 heavy (non-hydrogen) atoms. The Morgan fingerprint density at radius 1 is 0.436 bits per heavy atom. The predicted octanol–water partition coefficient (Wildman–Crippen LogP) is 13.1. The van der Waals surface area contributed by atoms with Crippen molar-refractivity contribution in [3.05, 3.63) is 193 Å². The summed E-state index contributed by atoms with van der Waals surface area (Å²) in [5.41, 5.74) is 12.3. The van der Waals surface area contributed by atoms with Gasteiger partial charge in [-0.25, -0.2) is 4.85 Å². The molecule has 0 fully saturated rings. The summed E-state index contributed by atoms with van der Waals surface area (Å²) in [5, 5.41) is 17.5. The molecule has 0 saturated carbocycles. The van der Waals surface area contributed by atoms with E-state index in [1.165, 1.54) is 10.8 Å². The van der Waals surface area contributed by atoms with Gasteiger partial charge in [0.15, 0.2) is 0 Å². The van der Waals surface area contributed by atoms with Gasteiger partial charge < -0.3 is 13.7 Å². The molecule has 3 aromatic heterocycles. The van der Waals surface area contributed by atoms with E-state index in [-0.39, 0.29) is 0 Å². The number of rotatable bonds is 4. The maximum Gasteiger partial charge on any atom is 0.211 e. The lowest BCUT2D eigenvalue weighted by molar-refractivity contribution is 1.15. The number of nitriles is 1. The van der Waals surface area contributed by atoms with Crippen molar-refractivity contribution in [3.63, 3.8) is 0 Å². The molecular weight excluding hydrogens is 671 g/mol. The molecule has 0 bridgehead atoms. The predicted molar refractivity (Wildman–Crippen MR) is 226 cm³/mol. The van der Waals surface area contributed by atoms with Crippen molar-refractivity contribution in [2.45, 2.75) is 0 Å². The second kappa shape index (κ2) is 11.8. The van der Waals surface area contributed by atoms with Crippen LogP contribution in [0.2, 0.25) is 0 Å². The Hall–Kier alpha value is -7.86. The first kappa shape index (κ1) is 30.7. The zero-order valence-electron chi connectivity index (χ0n) is 29.5. The van der Waals surface area contributed by atoms with Crippen LogP contribution in [0.15, 0.2) is 176 Å². The van der Waals surface area contributed by atoms with Gasteiger partial charge in [0.1, 0.15) is 6.07 Å². The molecule has 8 aromatic carbocycles. The monoisotopic (exact) mass is 699 g/mol. The van der Waals surface area contributed by atoms with Crippen LogP contribution in [0.3, 0.4) is 0 Å². The largest absolute Gasteiger partial charge is 0.318 e. The lowest BCUT2D eigenvalue weighted by Gasteiger charge is -2.17. The fourth-order valence-electron chi connectivity index (χ4n) is 8.79. The zero-order chi connectivity index (χ0) is 36.6. The Bertz CT molecular complexity index is 3420. The van der Waals surface area contributed by atoms with Crippen molar-refractivity contribution in [2.24, 2.45) is 0 Å². The van der Waals surface area contributed by atoms with E-state index in [0.29, 0.717) is 11.3 Å². The second-order valence-corrected chi connectivity index (χ2v) is 13.9. The molecule has 254 valence electrons. The van der Waals surface area contributed by atoms with Crippen molar-refractivity contribution < 1.29 is 0 Å². The highest BCUT2D eigenvalue weighted by Gasteiger charge is 2.21. The highest BCUT2D eigenvalue weighted by Crippen LogP contribution is 2.42. The minimum Gasteiger partial charge on any atom is -0.318 e. The smallest absolute Gasteiger partial charge is 0.211 e. The van der Waals surface area contributed by atoms with Crippen molar-refractivity contribution in [1.82, 2.24) is 13.7 Å². The maximum atomic E-state index is 10.7. The molecule has 0 atom stereocenters. The van der Waals surface area contributed by atoms with Crippen LogP contribution in [0.5, 0.6) is 0 Å². The van der Waals surface area contributed by atoms with Crippen LogP contribution < -0.4 is 0 Å². The van der Waals surface area contributed by atoms with E-state index in [9.17, 15) is 5.26 Å². The minimum atomic E-state index is 0.582. The molecule has 5 nitrogen and oxygen atoms in total. The number of hydrogen-bond acceptors (Lipinski definition) is 1. The Morgan fingerprint density at radius 2 is 0.982 bits per heavy atom. The van der Waals surface area contributed by atoms with E-state index >= 15 is 0 Å². The van der Waals surface area contributed by atoms with Crippen molar-refractivity contribution >= 4 is 71.1 Å². The second-order valence-electron chi connectivity index (χ2n) is 13.9. The Morgan fingerprint density at radius 3 is 1.64 bits per heavy atom. The lowest BCUT2D eigenvalue weighted by atomic mass is 10.00. The molecular formula is C50H29N5. The normalized spacial score (nSPS) is 11.6. The fourth-order valence-corrected chi connectivity index (χ4v) is 8.79. The highest BCUT2D eigenvalue weighted by atomic mass is 15.0. The summed E-state index contributed by atoms with van der Waals surface area (Å²) in [7, 11) is 0. The number of fused-ring (bicyclic) bond motifs is 9. The van der Waals surface area contributed by atoms with Crippen LogP contribution in [0.1, 0.15) is 5.56 Å².